The molecule has 3 aromatic carbocycles. The van der Waals surface area contributed by atoms with Gasteiger partial charge in [-0.05, 0) is 42.5 Å². The molecule has 0 saturated heterocycles. The van der Waals surface area contributed by atoms with Gasteiger partial charge in [-0.3, -0.25) is 0 Å². The maximum absolute atomic E-state index is 4.22. The molecule has 0 atom stereocenters. The summed E-state index contributed by atoms with van der Waals surface area (Å²) in [5, 5.41) is 16.8. The second kappa shape index (κ2) is 7.04. The zero-order valence-electron chi connectivity index (χ0n) is 11.9. The summed E-state index contributed by atoms with van der Waals surface area (Å²) >= 11 is 0. The fourth-order valence-corrected chi connectivity index (χ4v) is 1.84. The van der Waals surface area contributed by atoms with Crippen molar-refractivity contribution in [3.8, 4) is 0 Å². The van der Waals surface area contributed by atoms with Crippen LogP contribution < -0.4 is 0 Å². The minimum Gasteiger partial charge on any atom is -0.151 e. The molecule has 0 N–H and O–H groups in total. The summed E-state index contributed by atoms with van der Waals surface area (Å²) in [6.45, 7) is 0. The summed E-state index contributed by atoms with van der Waals surface area (Å²) in [6.07, 6.45) is 0. The highest BCUT2D eigenvalue weighted by molar-refractivity contribution is 5.50. The first-order valence-corrected chi connectivity index (χ1v) is 6.94. The Bertz CT molecular complexity index is 716. The van der Waals surface area contributed by atoms with Crippen molar-refractivity contribution in [3.63, 3.8) is 0 Å². The van der Waals surface area contributed by atoms with Crippen LogP contribution in [0.15, 0.2) is 105 Å². The summed E-state index contributed by atoms with van der Waals surface area (Å²) < 4.78 is 0. The van der Waals surface area contributed by atoms with E-state index < -0.39 is 0 Å². The summed E-state index contributed by atoms with van der Waals surface area (Å²) in [6, 6.07) is 26.7. The summed E-state index contributed by atoms with van der Waals surface area (Å²) in [7, 11) is 0. The van der Waals surface area contributed by atoms with Gasteiger partial charge in [0.2, 0.25) is 0 Å². The average Bonchev–Trinajstić information content (AvgIpc) is 2.60. The predicted octanol–water partition coefficient (Wildman–Crippen LogP) is 6.52. The van der Waals surface area contributed by atoms with Crippen molar-refractivity contribution >= 4 is 22.7 Å². The van der Waals surface area contributed by atoms with Crippen molar-refractivity contribution in [2.45, 2.75) is 0 Å². The summed E-state index contributed by atoms with van der Waals surface area (Å²) in [5.74, 6) is 0. The Balaban J connectivity index is 1.75. The van der Waals surface area contributed by atoms with Gasteiger partial charge in [-0.1, -0.05) is 42.5 Å². The molecule has 0 heterocycles. The number of hydrogen-bond donors (Lipinski definition) is 0. The summed E-state index contributed by atoms with van der Waals surface area (Å²) in [4.78, 5) is 0. The standard InChI is InChI=1S/C18H14N4/c1-3-8-15(9-4-1)19-21-17-12-7-13-18(14-17)22-20-16-10-5-2-6-11-16/h1-14H. The first-order chi connectivity index (χ1) is 10.9. The fraction of sp³-hybridized carbons (Fsp3) is 0. The molecule has 0 saturated carbocycles. The van der Waals surface area contributed by atoms with Gasteiger partial charge in [0.15, 0.2) is 0 Å². The van der Waals surface area contributed by atoms with Crippen LogP contribution in [0.5, 0.6) is 0 Å². The molecule has 0 aliphatic heterocycles. The zero-order chi connectivity index (χ0) is 15.0. The van der Waals surface area contributed by atoms with E-state index >= 15 is 0 Å². The largest absolute Gasteiger partial charge is 0.151 e. The average molecular weight is 286 g/mol. The molecule has 22 heavy (non-hydrogen) atoms. The van der Waals surface area contributed by atoms with Crippen molar-refractivity contribution in [2.75, 3.05) is 0 Å². The Hall–Kier alpha value is -3.14. The van der Waals surface area contributed by atoms with E-state index in [2.05, 4.69) is 20.5 Å². The molecule has 0 aliphatic carbocycles. The van der Waals surface area contributed by atoms with Gasteiger partial charge >= 0.3 is 0 Å². The number of rotatable bonds is 4. The second-order valence-corrected chi connectivity index (χ2v) is 4.59. The highest BCUT2D eigenvalue weighted by atomic mass is 15.1. The number of hydrogen-bond acceptors (Lipinski definition) is 4. The van der Waals surface area contributed by atoms with E-state index in [1.54, 1.807) is 0 Å². The molecule has 0 amide bonds. The van der Waals surface area contributed by atoms with Crippen LogP contribution in [0.3, 0.4) is 0 Å². The van der Waals surface area contributed by atoms with Gasteiger partial charge in [-0.15, -0.1) is 0 Å². The quantitative estimate of drug-likeness (QED) is 0.490. The number of azo groups is 2. The van der Waals surface area contributed by atoms with E-state index in [1.165, 1.54) is 0 Å². The first kappa shape index (κ1) is 13.8. The number of nitrogens with zero attached hydrogens (tertiary/aromatic N) is 4. The fourth-order valence-electron chi connectivity index (χ4n) is 1.84. The molecule has 3 aromatic rings. The normalized spacial score (nSPS) is 11.3. The van der Waals surface area contributed by atoms with Crippen LogP contribution in [0.2, 0.25) is 0 Å². The maximum Gasteiger partial charge on any atom is 0.0879 e. The van der Waals surface area contributed by atoms with E-state index in [4.69, 9.17) is 0 Å². The Labute approximate surface area is 128 Å². The van der Waals surface area contributed by atoms with E-state index in [0.29, 0.717) is 0 Å². The van der Waals surface area contributed by atoms with Gasteiger partial charge in [0.25, 0.3) is 0 Å². The summed E-state index contributed by atoms with van der Waals surface area (Å²) in [5.41, 5.74) is 3.12. The highest BCUT2D eigenvalue weighted by Crippen LogP contribution is 2.24. The van der Waals surface area contributed by atoms with Crippen LogP contribution in [0, 0.1) is 0 Å². The molecule has 106 valence electrons. The Kier molecular flexibility index (Phi) is 4.42. The molecule has 0 unspecified atom stereocenters. The lowest BCUT2D eigenvalue weighted by atomic mass is 10.3. The van der Waals surface area contributed by atoms with E-state index in [1.807, 2.05) is 84.9 Å². The van der Waals surface area contributed by atoms with Gasteiger partial charge in [-0.25, -0.2) is 0 Å². The molecular weight excluding hydrogens is 272 g/mol. The number of benzene rings is 3. The lowest BCUT2D eigenvalue weighted by Gasteiger charge is -1.96. The third-order valence-corrected chi connectivity index (χ3v) is 2.90. The van der Waals surface area contributed by atoms with E-state index in [9.17, 15) is 0 Å². The predicted molar refractivity (Wildman–Crippen MR) is 87.7 cm³/mol. The van der Waals surface area contributed by atoms with Crippen molar-refractivity contribution < 1.29 is 0 Å². The smallest absolute Gasteiger partial charge is 0.0879 e. The minimum atomic E-state index is 0.744. The van der Waals surface area contributed by atoms with Crippen molar-refractivity contribution in [2.24, 2.45) is 20.5 Å². The monoisotopic (exact) mass is 286 g/mol. The van der Waals surface area contributed by atoms with Gasteiger partial charge in [0.05, 0.1) is 22.7 Å². The molecule has 0 spiro atoms. The van der Waals surface area contributed by atoms with Crippen LogP contribution in [0.1, 0.15) is 0 Å². The van der Waals surface area contributed by atoms with E-state index in [0.717, 1.165) is 22.7 Å². The Morgan fingerprint density at radius 2 is 0.727 bits per heavy atom. The van der Waals surface area contributed by atoms with E-state index in [-0.39, 0.29) is 0 Å². The minimum absolute atomic E-state index is 0.744. The Morgan fingerprint density at radius 1 is 0.364 bits per heavy atom. The molecule has 0 bridgehead atoms. The van der Waals surface area contributed by atoms with Crippen LogP contribution in [0.4, 0.5) is 22.7 Å². The van der Waals surface area contributed by atoms with Crippen LogP contribution in [-0.2, 0) is 0 Å². The molecular formula is C18H14N4. The van der Waals surface area contributed by atoms with Crippen molar-refractivity contribution in [3.05, 3.63) is 84.9 Å². The first-order valence-electron chi connectivity index (χ1n) is 6.94. The topological polar surface area (TPSA) is 49.4 Å². The van der Waals surface area contributed by atoms with Crippen molar-refractivity contribution in [1.82, 2.24) is 0 Å². The lowest BCUT2D eigenvalue weighted by molar-refractivity contribution is 1.20. The van der Waals surface area contributed by atoms with Crippen LogP contribution in [-0.4, -0.2) is 0 Å². The molecule has 0 aromatic heterocycles. The lowest BCUT2D eigenvalue weighted by Crippen LogP contribution is -1.66. The zero-order valence-corrected chi connectivity index (χ0v) is 11.9. The molecule has 0 radical (unpaired) electrons. The van der Waals surface area contributed by atoms with Crippen molar-refractivity contribution in [1.29, 1.82) is 0 Å². The van der Waals surface area contributed by atoms with Crippen LogP contribution in [0.25, 0.3) is 0 Å². The van der Waals surface area contributed by atoms with Gasteiger partial charge < -0.3 is 0 Å². The van der Waals surface area contributed by atoms with Gasteiger partial charge in [0.1, 0.15) is 0 Å². The molecule has 3 rings (SSSR count). The highest BCUT2D eigenvalue weighted by Gasteiger charge is 1.94. The molecule has 0 aliphatic rings. The van der Waals surface area contributed by atoms with Crippen LogP contribution >= 0.6 is 0 Å². The maximum atomic E-state index is 4.22. The van der Waals surface area contributed by atoms with Gasteiger partial charge in [-0.2, -0.15) is 20.5 Å². The molecule has 0 fully saturated rings. The second-order valence-electron chi connectivity index (χ2n) is 4.59. The SMILES string of the molecule is c1ccc(N=Nc2cccc(N=Nc3ccccc3)c2)cc1. The Morgan fingerprint density at radius 3 is 1.18 bits per heavy atom. The molecule has 4 heteroatoms. The molecule has 4 nitrogen and oxygen atoms in total. The third kappa shape index (κ3) is 3.93. The third-order valence-electron chi connectivity index (χ3n) is 2.90. The van der Waals surface area contributed by atoms with Gasteiger partial charge in [0, 0.05) is 0 Å².